The number of aryl methyl sites for hydroxylation is 1. The van der Waals surface area contributed by atoms with Gasteiger partial charge in [-0.15, -0.1) is 0 Å². The van der Waals surface area contributed by atoms with Gasteiger partial charge in [-0.05, 0) is 19.4 Å². The van der Waals surface area contributed by atoms with Crippen molar-refractivity contribution in [3.63, 3.8) is 0 Å². The van der Waals surface area contributed by atoms with Crippen LogP contribution in [0, 0.1) is 6.92 Å². The lowest BCUT2D eigenvalue weighted by molar-refractivity contribution is -0.142. The van der Waals surface area contributed by atoms with Crippen LogP contribution in [0.1, 0.15) is 18.1 Å². The topological polar surface area (TPSA) is 38.3 Å². The lowest BCUT2D eigenvalue weighted by atomic mass is 10.1. The summed E-state index contributed by atoms with van der Waals surface area (Å²) in [5.74, 6) is -0.234. The molecule has 1 aromatic rings. The summed E-state index contributed by atoms with van der Waals surface area (Å²) in [4.78, 5) is 11.1. The Labute approximate surface area is 90.4 Å². The Kier molecular flexibility index (Phi) is 4.31. The Morgan fingerprint density at radius 3 is 2.87 bits per heavy atom. The molecule has 0 aliphatic heterocycles. The monoisotopic (exact) mass is 207 g/mol. The van der Waals surface area contributed by atoms with Gasteiger partial charge >= 0.3 is 5.97 Å². The summed E-state index contributed by atoms with van der Waals surface area (Å²) in [5.41, 5.74) is 2.39. The van der Waals surface area contributed by atoms with Crippen molar-refractivity contribution in [3.05, 3.63) is 35.4 Å². The Morgan fingerprint density at radius 2 is 2.27 bits per heavy atom. The minimum atomic E-state index is -0.268. The lowest BCUT2D eigenvalue weighted by Gasteiger charge is -2.11. The minimum Gasteiger partial charge on any atom is -0.468 e. The molecule has 0 spiro atoms. The zero-order valence-corrected chi connectivity index (χ0v) is 9.41. The van der Waals surface area contributed by atoms with Crippen LogP contribution in [0.3, 0.4) is 0 Å². The Hall–Kier alpha value is -1.35. The van der Waals surface area contributed by atoms with E-state index in [0.717, 1.165) is 0 Å². The lowest BCUT2D eigenvalue weighted by Crippen LogP contribution is -2.34. The maximum absolute atomic E-state index is 11.1. The first-order valence-electron chi connectivity index (χ1n) is 5.00. The second kappa shape index (κ2) is 5.51. The molecule has 0 fully saturated rings. The first-order valence-corrected chi connectivity index (χ1v) is 5.00. The van der Waals surface area contributed by atoms with Gasteiger partial charge in [0.15, 0.2) is 0 Å². The molecular formula is C12H17NO2. The van der Waals surface area contributed by atoms with Crippen molar-refractivity contribution in [2.45, 2.75) is 26.4 Å². The second-order valence-electron chi connectivity index (χ2n) is 3.61. The molecule has 1 rings (SSSR count). The van der Waals surface area contributed by atoms with Gasteiger partial charge in [0.1, 0.15) is 6.04 Å². The van der Waals surface area contributed by atoms with Crippen molar-refractivity contribution in [1.82, 2.24) is 5.32 Å². The minimum absolute atomic E-state index is 0.234. The molecule has 1 N–H and O–H groups in total. The normalized spacial score (nSPS) is 12.2. The first-order chi connectivity index (χ1) is 7.13. The van der Waals surface area contributed by atoms with Crippen molar-refractivity contribution in [2.75, 3.05) is 7.11 Å². The smallest absolute Gasteiger partial charge is 0.322 e. The molecule has 82 valence electrons. The number of carbonyl (C=O) groups is 1. The maximum Gasteiger partial charge on any atom is 0.322 e. The molecule has 0 bridgehead atoms. The van der Waals surface area contributed by atoms with E-state index in [9.17, 15) is 4.79 Å². The van der Waals surface area contributed by atoms with Gasteiger partial charge in [0.25, 0.3) is 0 Å². The average molecular weight is 207 g/mol. The summed E-state index contributed by atoms with van der Waals surface area (Å²) in [5, 5.41) is 3.10. The molecular weight excluding hydrogens is 190 g/mol. The molecule has 0 saturated carbocycles. The number of ether oxygens (including phenoxy) is 1. The molecule has 0 heterocycles. The summed E-state index contributed by atoms with van der Waals surface area (Å²) >= 11 is 0. The predicted octanol–water partition coefficient (Wildman–Crippen LogP) is 1.65. The predicted molar refractivity (Wildman–Crippen MR) is 59.5 cm³/mol. The molecule has 0 aliphatic rings. The highest BCUT2D eigenvalue weighted by atomic mass is 16.5. The van der Waals surface area contributed by atoms with Crippen LogP contribution in [0.15, 0.2) is 24.3 Å². The van der Waals surface area contributed by atoms with E-state index in [-0.39, 0.29) is 12.0 Å². The highest BCUT2D eigenvalue weighted by Gasteiger charge is 2.11. The molecule has 3 heteroatoms. The third kappa shape index (κ3) is 3.72. The van der Waals surface area contributed by atoms with Gasteiger partial charge in [0, 0.05) is 6.54 Å². The number of rotatable bonds is 4. The quantitative estimate of drug-likeness (QED) is 0.763. The number of esters is 1. The zero-order chi connectivity index (χ0) is 11.3. The van der Waals surface area contributed by atoms with Crippen molar-refractivity contribution >= 4 is 5.97 Å². The van der Waals surface area contributed by atoms with E-state index in [1.807, 2.05) is 25.1 Å². The highest BCUT2D eigenvalue weighted by molar-refractivity contribution is 5.75. The van der Waals surface area contributed by atoms with E-state index in [1.54, 1.807) is 6.92 Å². The van der Waals surface area contributed by atoms with Gasteiger partial charge in [0.05, 0.1) is 7.11 Å². The number of hydrogen-bond acceptors (Lipinski definition) is 3. The van der Waals surface area contributed by atoms with Gasteiger partial charge in [-0.2, -0.15) is 0 Å². The van der Waals surface area contributed by atoms with Gasteiger partial charge in [0.2, 0.25) is 0 Å². The molecule has 0 aliphatic carbocycles. The standard InChI is InChI=1S/C12H17NO2/c1-9-5-4-6-11(7-9)8-13-10(2)12(14)15-3/h4-7,10,13H,8H2,1-3H3/t10-/m0/s1. The van der Waals surface area contributed by atoms with Gasteiger partial charge in [-0.25, -0.2) is 0 Å². The largest absolute Gasteiger partial charge is 0.468 e. The number of carbonyl (C=O) groups excluding carboxylic acids is 1. The summed E-state index contributed by atoms with van der Waals surface area (Å²) in [7, 11) is 1.40. The zero-order valence-electron chi connectivity index (χ0n) is 9.41. The van der Waals surface area contributed by atoms with Crippen LogP contribution in [-0.2, 0) is 16.1 Å². The van der Waals surface area contributed by atoms with Crippen LogP contribution < -0.4 is 5.32 Å². The highest BCUT2D eigenvalue weighted by Crippen LogP contribution is 2.03. The van der Waals surface area contributed by atoms with Crippen LogP contribution >= 0.6 is 0 Å². The van der Waals surface area contributed by atoms with Crippen LogP contribution in [0.25, 0.3) is 0 Å². The average Bonchev–Trinajstić information content (AvgIpc) is 2.25. The van der Waals surface area contributed by atoms with Crippen LogP contribution in [0.4, 0.5) is 0 Å². The number of benzene rings is 1. The summed E-state index contributed by atoms with van der Waals surface area (Å²) < 4.78 is 4.62. The van der Waals surface area contributed by atoms with Crippen molar-refractivity contribution in [2.24, 2.45) is 0 Å². The van der Waals surface area contributed by atoms with E-state index in [0.29, 0.717) is 6.54 Å². The molecule has 0 aromatic heterocycles. The molecule has 15 heavy (non-hydrogen) atoms. The number of nitrogens with one attached hydrogen (secondary N) is 1. The Bertz CT molecular complexity index is 336. The molecule has 0 amide bonds. The Morgan fingerprint density at radius 1 is 1.53 bits per heavy atom. The van der Waals surface area contributed by atoms with E-state index in [1.165, 1.54) is 18.2 Å². The SMILES string of the molecule is COC(=O)[C@H](C)NCc1cccc(C)c1. The first kappa shape index (κ1) is 11.7. The van der Waals surface area contributed by atoms with Crippen molar-refractivity contribution < 1.29 is 9.53 Å². The summed E-state index contributed by atoms with van der Waals surface area (Å²) in [6.45, 7) is 4.52. The maximum atomic E-state index is 11.1. The fourth-order valence-electron chi connectivity index (χ4n) is 1.35. The third-order valence-electron chi connectivity index (χ3n) is 2.25. The van der Waals surface area contributed by atoms with Crippen molar-refractivity contribution in [3.8, 4) is 0 Å². The van der Waals surface area contributed by atoms with Crippen LogP contribution in [0.2, 0.25) is 0 Å². The molecule has 0 saturated heterocycles. The van der Waals surface area contributed by atoms with Crippen molar-refractivity contribution in [1.29, 1.82) is 0 Å². The van der Waals surface area contributed by atoms with Gasteiger partial charge in [-0.3, -0.25) is 4.79 Å². The van der Waals surface area contributed by atoms with E-state index in [4.69, 9.17) is 0 Å². The van der Waals surface area contributed by atoms with Gasteiger partial charge in [-0.1, -0.05) is 29.8 Å². The van der Waals surface area contributed by atoms with Crippen LogP contribution in [0.5, 0.6) is 0 Å². The molecule has 1 atom stereocenters. The molecule has 1 aromatic carbocycles. The number of methoxy groups -OCH3 is 1. The van der Waals surface area contributed by atoms with E-state index in [2.05, 4.69) is 16.1 Å². The summed E-state index contributed by atoms with van der Waals surface area (Å²) in [6.07, 6.45) is 0. The molecule has 0 radical (unpaired) electrons. The molecule has 0 unspecified atom stereocenters. The van der Waals surface area contributed by atoms with Crippen LogP contribution in [-0.4, -0.2) is 19.1 Å². The number of hydrogen-bond donors (Lipinski definition) is 1. The second-order valence-corrected chi connectivity index (χ2v) is 3.61. The van der Waals surface area contributed by atoms with Gasteiger partial charge < -0.3 is 10.1 Å². The fraction of sp³-hybridized carbons (Fsp3) is 0.417. The van der Waals surface area contributed by atoms with E-state index >= 15 is 0 Å². The fourth-order valence-corrected chi connectivity index (χ4v) is 1.35. The molecule has 3 nitrogen and oxygen atoms in total. The van der Waals surface area contributed by atoms with E-state index < -0.39 is 0 Å². The summed E-state index contributed by atoms with van der Waals surface area (Å²) in [6, 6.07) is 7.92. The Balaban J connectivity index is 2.47. The third-order valence-corrected chi connectivity index (χ3v) is 2.25.